The van der Waals surface area contributed by atoms with Gasteiger partial charge in [-0.2, -0.15) is 5.10 Å². The summed E-state index contributed by atoms with van der Waals surface area (Å²) >= 11 is 0. The van der Waals surface area contributed by atoms with Gasteiger partial charge in [-0.1, -0.05) is 24.3 Å². The molecule has 1 atom stereocenters. The molecule has 1 unspecified atom stereocenters. The van der Waals surface area contributed by atoms with Crippen LogP contribution in [0.2, 0.25) is 0 Å². The number of aromatic amines is 1. The minimum absolute atomic E-state index is 0.529. The van der Waals surface area contributed by atoms with E-state index >= 15 is 0 Å². The minimum atomic E-state index is -0.799. The maximum absolute atomic E-state index is 11.1. The fourth-order valence-electron chi connectivity index (χ4n) is 3.69. The highest BCUT2D eigenvalue weighted by atomic mass is 16.3. The quantitative estimate of drug-likeness (QED) is 0.671. The van der Waals surface area contributed by atoms with Crippen molar-refractivity contribution in [3.8, 4) is 11.3 Å². The van der Waals surface area contributed by atoms with Crippen LogP contribution in [0.5, 0.6) is 0 Å². The lowest BCUT2D eigenvalue weighted by molar-refractivity contribution is 0.0189. The van der Waals surface area contributed by atoms with E-state index in [9.17, 15) is 5.11 Å². The van der Waals surface area contributed by atoms with E-state index in [1.54, 1.807) is 6.20 Å². The topological polar surface area (TPSA) is 73.8 Å². The van der Waals surface area contributed by atoms with E-state index in [2.05, 4.69) is 32.6 Å². The summed E-state index contributed by atoms with van der Waals surface area (Å²) in [7, 11) is 0. The van der Waals surface area contributed by atoms with Crippen LogP contribution in [-0.4, -0.2) is 26.8 Å². The third-order valence-electron chi connectivity index (χ3n) is 4.96. The number of aliphatic hydroxyl groups is 1. The van der Waals surface area contributed by atoms with Gasteiger partial charge in [-0.15, -0.1) is 0 Å². The van der Waals surface area contributed by atoms with Gasteiger partial charge in [0.1, 0.15) is 5.60 Å². The molecular formula is C20H22N4O. The predicted molar refractivity (Wildman–Crippen MR) is 96.8 cm³/mol. The van der Waals surface area contributed by atoms with E-state index in [-0.39, 0.29) is 0 Å². The van der Waals surface area contributed by atoms with Gasteiger partial charge < -0.3 is 10.4 Å². The van der Waals surface area contributed by atoms with Gasteiger partial charge in [-0.25, -0.2) is 0 Å². The summed E-state index contributed by atoms with van der Waals surface area (Å²) in [6.45, 7) is 1.17. The van der Waals surface area contributed by atoms with Crippen LogP contribution < -0.4 is 5.32 Å². The van der Waals surface area contributed by atoms with Crippen molar-refractivity contribution in [1.82, 2.24) is 20.5 Å². The Balaban J connectivity index is 1.47. The molecule has 5 heteroatoms. The lowest BCUT2D eigenvalue weighted by atomic mass is 9.79. The summed E-state index contributed by atoms with van der Waals surface area (Å²) in [5.74, 6) is 0. The Labute approximate surface area is 147 Å². The summed E-state index contributed by atoms with van der Waals surface area (Å²) in [5, 5.41) is 21.8. The van der Waals surface area contributed by atoms with Crippen LogP contribution in [0.25, 0.3) is 11.3 Å². The monoisotopic (exact) mass is 334 g/mol. The zero-order valence-electron chi connectivity index (χ0n) is 14.1. The first-order valence-corrected chi connectivity index (χ1v) is 8.70. The highest BCUT2D eigenvalue weighted by molar-refractivity contribution is 5.61. The molecule has 0 aliphatic heterocycles. The normalized spacial score (nSPS) is 19.6. The van der Waals surface area contributed by atoms with Crippen LogP contribution in [0.3, 0.4) is 0 Å². The molecule has 1 aliphatic rings. The molecule has 25 heavy (non-hydrogen) atoms. The molecule has 0 amide bonds. The van der Waals surface area contributed by atoms with E-state index in [4.69, 9.17) is 0 Å². The molecule has 1 aliphatic carbocycles. The number of nitrogens with one attached hydrogen (secondary N) is 2. The number of fused-ring (bicyclic) bond motifs is 1. The number of pyridine rings is 1. The molecule has 2 aromatic heterocycles. The number of nitrogens with zero attached hydrogens (tertiary/aromatic N) is 2. The van der Waals surface area contributed by atoms with Crippen molar-refractivity contribution in [3.05, 3.63) is 71.7 Å². The van der Waals surface area contributed by atoms with Gasteiger partial charge in [0.15, 0.2) is 0 Å². The van der Waals surface area contributed by atoms with Crippen molar-refractivity contribution >= 4 is 0 Å². The lowest BCUT2D eigenvalue weighted by Crippen LogP contribution is -2.40. The molecule has 3 aromatic rings. The van der Waals surface area contributed by atoms with Crippen molar-refractivity contribution in [2.45, 2.75) is 31.4 Å². The van der Waals surface area contributed by atoms with E-state index in [0.717, 1.165) is 41.6 Å². The van der Waals surface area contributed by atoms with Gasteiger partial charge in [0.05, 0.1) is 11.9 Å². The standard InChI is InChI=1S/C20H22N4O/c25-20(9-3-6-15-5-1-2-8-18(15)20)14-22-12-17-13-23-24-19(17)16-7-4-10-21-11-16/h1-2,4-5,7-8,10-11,13,22,25H,3,6,9,12,14H2,(H,23,24). The summed E-state index contributed by atoms with van der Waals surface area (Å²) in [6.07, 6.45) is 8.26. The van der Waals surface area contributed by atoms with Gasteiger partial charge >= 0.3 is 0 Å². The molecule has 2 heterocycles. The Hall–Kier alpha value is -2.50. The molecule has 1 aromatic carbocycles. The summed E-state index contributed by atoms with van der Waals surface area (Å²) in [5.41, 5.74) is 4.58. The van der Waals surface area contributed by atoms with Crippen LogP contribution in [0.4, 0.5) is 0 Å². The molecule has 5 nitrogen and oxygen atoms in total. The molecular weight excluding hydrogens is 312 g/mol. The number of aromatic nitrogens is 3. The second-order valence-electron chi connectivity index (χ2n) is 6.66. The third kappa shape index (κ3) is 3.21. The van der Waals surface area contributed by atoms with Gasteiger partial charge in [0, 0.05) is 36.6 Å². The minimum Gasteiger partial charge on any atom is -0.384 e. The maximum atomic E-state index is 11.1. The molecule has 4 rings (SSSR count). The highest BCUT2D eigenvalue weighted by Gasteiger charge is 2.33. The second-order valence-corrected chi connectivity index (χ2v) is 6.66. The average molecular weight is 334 g/mol. The summed E-state index contributed by atoms with van der Waals surface area (Å²) in [6, 6.07) is 12.1. The Bertz CT molecular complexity index is 846. The highest BCUT2D eigenvalue weighted by Crippen LogP contribution is 2.34. The first-order valence-electron chi connectivity index (χ1n) is 8.70. The first-order chi connectivity index (χ1) is 12.3. The third-order valence-corrected chi connectivity index (χ3v) is 4.96. The number of benzene rings is 1. The molecule has 128 valence electrons. The molecule has 0 fully saturated rings. The van der Waals surface area contributed by atoms with Gasteiger partial charge in [-0.3, -0.25) is 10.1 Å². The fourth-order valence-corrected chi connectivity index (χ4v) is 3.69. The van der Waals surface area contributed by atoms with Crippen molar-refractivity contribution in [3.63, 3.8) is 0 Å². The number of hydrogen-bond acceptors (Lipinski definition) is 4. The van der Waals surface area contributed by atoms with E-state index in [1.165, 1.54) is 5.56 Å². The largest absolute Gasteiger partial charge is 0.384 e. The first kappa shape index (κ1) is 16.0. The maximum Gasteiger partial charge on any atom is 0.102 e. The Morgan fingerprint density at radius 2 is 2.08 bits per heavy atom. The molecule has 0 saturated heterocycles. The van der Waals surface area contributed by atoms with E-state index < -0.39 is 5.60 Å². The van der Waals surface area contributed by atoms with E-state index in [0.29, 0.717) is 13.1 Å². The number of aryl methyl sites for hydroxylation is 1. The molecule has 3 N–H and O–H groups in total. The van der Waals surface area contributed by atoms with Gasteiger partial charge in [0.2, 0.25) is 0 Å². The van der Waals surface area contributed by atoms with Gasteiger partial charge in [0.25, 0.3) is 0 Å². The Kier molecular flexibility index (Phi) is 4.34. The molecule has 0 radical (unpaired) electrons. The molecule has 0 spiro atoms. The number of rotatable bonds is 5. The second kappa shape index (κ2) is 6.78. The predicted octanol–water partition coefficient (Wildman–Crippen LogP) is 2.79. The van der Waals surface area contributed by atoms with Crippen molar-refractivity contribution < 1.29 is 5.11 Å². The van der Waals surface area contributed by atoms with E-state index in [1.807, 2.05) is 36.7 Å². The summed E-state index contributed by atoms with van der Waals surface area (Å²) < 4.78 is 0. The molecule has 0 saturated carbocycles. The lowest BCUT2D eigenvalue weighted by Gasteiger charge is -2.34. The van der Waals surface area contributed by atoms with Gasteiger partial charge in [-0.05, 0) is 42.5 Å². The smallest absolute Gasteiger partial charge is 0.102 e. The van der Waals surface area contributed by atoms with Crippen LogP contribution in [0.15, 0.2) is 55.0 Å². The van der Waals surface area contributed by atoms with Crippen LogP contribution >= 0.6 is 0 Å². The Morgan fingerprint density at radius 1 is 1.16 bits per heavy atom. The average Bonchev–Trinajstić information content (AvgIpc) is 3.11. The molecule has 0 bridgehead atoms. The fraction of sp³-hybridized carbons (Fsp3) is 0.300. The number of H-pyrrole nitrogens is 1. The zero-order valence-corrected chi connectivity index (χ0v) is 14.1. The summed E-state index contributed by atoms with van der Waals surface area (Å²) in [4.78, 5) is 4.16. The van der Waals surface area contributed by atoms with Crippen molar-refractivity contribution in [1.29, 1.82) is 0 Å². The number of hydrogen-bond donors (Lipinski definition) is 3. The van der Waals surface area contributed by atoms with Crippen LogP contribution in [0, 0.1) is 0 Å². The Morgan fingerprint density at radius 3 is 2.96 bits per heavy atom. The zero-order chi connectivity index (χ0) is 17.1. The van der Waals surface area contributed by atoms with Crippen molar-refractivity contribution in [2.75, 3.05) is 6.54 Å². The van der Waals surface area contributed by atoms with Crippen LogP contribution in [0.1, 0.15) is 29.5 Å². The SMILES string of the molecule is OC1(CNCc2cn[nH]c2-c2cccnc2)CCCc2ccccc21. The van der Waals surface area contributed by atoms with Crippen LogP contribution in [-0.2, 0) is 18.6 Å². The van der Waals surface area contributed by atoms with Crippen molar-refractivity contribution in [2.24, 2.45) is 0 Å².